The lowest BCUT2D eigenvalue weighted by molar-refractivity contribution is -0.235. The van der Waals surface area contributed by atoms with E-state index >= 15 is 0 Å². The van der Waals surface area contributed by atoms with Gasteiger partial charge in [0.15, 0.2) is 6.23 Å². The SMILES string of the molecule is CC1=C(/C=C/C(C)=C/C=C/C(C)=C/C(=O)N[C@@H]2O[C@H](CO)[C@@H](O)[C@H](O)[C@H]2O)C(C)(C)CCC1. The molecule has 0 spiro atoms. The number of aliphatic hydroxyl groups excluding tert-OH is 4. The summed E-state index contributed by atoms with van der Waals surface area (Å²) in [6.45, 7) is 10.0. The van der Waals surface area contributed by atoms with Gasteiger partial charge in [0, 0.05) is 6.08 Å². The first-order valence-electron chi connectivity index (χ1n) is 11.5. The number of hydrogen-bond donors (Lipinski definition) is 5. The highest BCUT2D eigenvalue weighted by molar-refractivity contribution is 5.88. The molecular formula is C26H39NO6. The van der Waals surface area contributed by atoms with Crippen LogP contribution in [0.2, 0.25) is 0 Å². The average molecular weight is 462 g/mol. The van der Waals surface area contributed by atoms with Crippen molar-refractivity contribution in [2.45, 2.75) is 84.5 Å². The molecule has 1 saturated heterocycles. The van der Waals surface area contributed by atoms with E-state index in [1.165, 1.54) is 30.1 Å². The standard InChI is InChI=1S/C26H39NO6/c1-16(11-12-19-18(3)10-7-13-26(19,4)5)8-6-9-17(2)14-21(29)27-25-24(32)23(31)22(30)20(15-28)33-25/h6,8-9,11-12,14,20,22-25,28,30-32H,7,10,13,15H2,1-5H3,(H,27,29)/b9-6+,12-11+,16-8+,17-14+/t20-,22-,23+,24-,25-/m1/s1. The van der Waals surface area contributed by atoms with E-state index < -0.39 is 43.2 Å². The van der Waals surface area contributed by atoms with Crippen molar-refractivity contribution in [2.75, 3.05) is 6.61 Å². The molecule has 7 nitrogen and oxygen atoms in total. The summed E-state index contributed by atoms with van der Waals surface area (Å²) in [6.07, 6.45) is 8.05. The minimum absolute atomic E-state index is 0.197. The molecule has 0 aromatic rings. The number of rotatable bonds is 7. The van der Waals surface area contributed by atoms with Crippen molar-refractivity contribution < 1.29 is 30.0 Å². The van der Waals surface area contributed by atoms with Crippen molar-refractivity contribution in [1.29, 1.82) is 0 Å². The molecule has 1 amide bonds. The first-order chi connectivity index (χ1) is 15.5. The van der Waals surface area contributed by atoms with Gasteiger partial charge in [-0.1, -0.05) is 55.4 Å². The monoisotopic (exact) mass is 461 g/mol. The summed E-state index contributed by atoms with van der Waals surface area (Å²) in [5, 5.41) is 41.3. The van der Waals surface area contributed by atoms with Crippen LogP contribution >= 0.6 is 0 Å². The van der Waals surface area contributed by atoms with E-state index in [1.54, 1.807) is 13.0 Å². The van der Waals surface area contributed by atoms with E-state index in [2.05, 4.69) is 38.2 Å². The molecule has 7 heteroatoms. The van der Waals surface area contributed by atoms with Gasteiger partial charge in [-0.2, -0.15) is 0 Å². The van der Waals surface area contributed by atoms with Gasteiger partial charge in [-0.25, -0.2) is 0 Å². The second kappa shape index (κ2) is 11.9. The molecule has 184 valence electrons. The largest absolute Gasteiger partial charge is 0.394 e. The quantitative estimate of drug-likeness (QED) is 0.293. The molecule has 0 saturated carbocycles. The van der Waals surface area contributed by atoms with Crippen molar-refractivity contribution >= 4 is 5.91 Å². The van der Waals surface area contributed by atoms with E-state index in [0.717, 1.165) is 12.0 Å². The molecule has 2 aliphatic rings. The van der Waals surface area contributed by atoms with Gasteiger partial charge in [-0.05, 0) is 56.6 Å². The van der Waals surface area contributed by atoms with E-state index in [0.29, 0.717) is 5.57 Å². The van der Waals surface area contributed by atoms with E-state index in [1.807, 2.05) is 19.1 Å². The van der Waals surface area contributed by atoms with Crippen molar-refractivity contribution in [3.8, 4) is 0 Å². The summed E-state index contributed by atoms with van der Waals surface area (Å²) in [4.78, 5) is 12.3. The third-order valence-electron chi connectivity index (χ3n) is 6.31. The van der Waals surface area contributed by atoms with Crippen LogP contribution in [0.3, 0.4) is 0 Å². The Balaban J connectivity index is 1.96. The summed E-state index contributed by atoms with van der Waals surface area (Å²) in [7, 11) is 0. The van der Waals surface area contributed by atoms with Gasteiger partial charge in [-0.15, -0.1) is 0 Å². The number of carbonyl (C=O) groups is 1. The Bertz CT molecular complexity index is 849. The molecule has 1 fully saturated rings. The van der Waals surface area contributed by atoms with Crippen LogP contribution in [0.15, 0.2) is 58.7 Å². The molecule has 1 aliphatic carbocycles. The van der Waals surface area contributed by atoms with Crippen LogP contribution < -0.4 is 5.32 Å². The molecular weight excluding hydrogens is 422 g/mol. The summed E-state index contributed by atoms with van der Waals surface area (Å²) in [5.74, 6) is -0.524. The minimum Gasteiger partial charge on any atom is -0.394 e. The van der Waals surface area contributed by atoms with Gasteiger partial charge < -0.3 is 30.5 Å². The van der Waals surface area contributed by atoms with E-state index in [4.69, 9.17) is 4.74 Å². The number of amides is 1. The van der Waals surface area contributed by atoms with Gasteiger partial charge in [-0.3, -0.25) is 4.79 Å². The number of hydrogen-bond acceptors (Lipinski definition) is 6. The molecule has 5 N–H and O–H groups in total. The summed E-state index contributed by atoms with van der Waals surface area (Å²) >= 11 is 0. The van der Waals surface area contributed by atoms with Gasteiger partial charge in [0.05, 0.1) is 6.61 Å². The summed E-state index contributed by atoms with van der Waals surface area (Å²) in [6, 6.07) is 0. The van der Waals surface area contributed by atoms with Crippen molar-refractivity contribution in [2.24, 2.45) is 5.41 Å². The third kappa shape index (κ3) is 7.48. The molecule has 5 atom stereocenters. The highest BCUT2D eigenvalue weighted by Gasteiger charge is 2.43. The minimum atomic E-state index is -1.54. The van der Waals surface area contributed by atoms with Gasteiger partial charge in [0.2, 0.25) is 5.91 Å². The normalized spacial score (nSPS) is 31.5. The zero-order chi connectivity index (χ0) is 24.8. The molecule has 0 aromatic carbocycles. The molecule has 1 heterocycles. The second-order valence-electron chi connectivity index (χ2n) is 9.68. The molecule has 0 aromatic heterocycles. The fourth-order valence-electron chi connectivity index (χ4n) is 4.29. The number of nitrogens with one attached hydrogen (secondary N) is 1. The molecule has 2 rings (SSSR count). The van der Waals surface area contributed by atoms with E-state index in [9.17, 15) is 25.2 Å². The Morgan fingerprint density at radius 3 is 2.45 bits per heavy atom. The Labute approximate surface area is 196 Å². The van der Waals surface area contributed by atoms with Crippen LogP contribution in [0.1, 0.15) is 53.9 Å². The van der Waals surface area contributed by atoms with Gasteiger partial charge >= 0.3 is 0 Å². The number of allylic oxidation sites excluding steroid dienone is 9. The van der Waals surface area contributed by atoms with Crippen LogP contribution in [-0.4, -0.2) is 63.6 Å². The Morgan fingerprint density at radius 1 is 1.12 bits per heavy atom. The molecule has 1 aliphatic heterocycles. The zero-order valence-corrected chi connectivity index (χ0v) is 20.3. The van der Waals surface area contributed by atoms with Crippen molar-refractivity contribution in [3.05, 3.63) is 58.7 Å². The molecule has 33 heavy (non-hydrogen) atoms. The Hall–Kier alpha value is -2.03. The number of aliphatic hydroxyl groups is 4. The number of carbonyl (C=O) groups excluding carboxylic acids is 1. The molecule has 0 unspecified atom stereocenters. The van der Waals surface area contributed by atoms with Gasteiger partial charge in [0.1, 0.15) is 24.4 Å². The fraction of sp³-hybridized carbons (Fsp3) is 0.577. The smallest absolute Gasteiger partial charge is 0.246 e. The highest BCUT2D eigenvalue weighted by atomic mass is 16.6. The summed E-state index contributed by atoms with van der Waals surface area (Å²) in [5.41, 5.74) is 4.83. The summed E-state index contributed by atoms with van der Waals surface area (Å²) < 4.78 is 5.28. The van der Waals surface area contributed by atoms with Crippen molar-refractivity contribution in [3.63, 3.8) is 0 Å². The predicted octanol–water partition coefficient (Wildman–Crippen LogP) is 2.43. The first-order valence-corrected chi connectivity index (χ1v) is 11.5. The van der Waals surface area contributed by atoms with Crippen LogP contribution in [0.5, 0.6) is 0 Å². The van der Waals surface area contributed by atoms with Crippen molar-refractivity contribution in [1.82, 2.24) is 5.32 Å². The Kier molecular flexibility index (Phi) is 9.82. The topological polar surface area (TPSA) is 119 Å². The highest BCUT2D eigenvalue weighted by Crippen LogP contribution is 2.40. The number of ether oxygens (including phenoxy) is 1. The van der Waals surface area contributed by atoms with Gasteiger partial charge in [0.25, 0.3) is 0 Å². The lowest BCUT2D eigenvalue weighted by Crippen LogP contribution is -2.63. The zero-order valence-electron chi connectivity index (χ0n) is 20.3. The average Bonchev–Trinajstić information content (AvgIpc) is 2.73. The molecule has 0 radical (unpaired) electrons. The lowest BCUT2D eigenvalue weighted by atomic mass is 9.72. The maximum atomic E-state index is 12.3. The molecule has 0 bridgehead atoms. The lowest BCUT2D eigenvalue weighted by Gasteiger charge is -2.39. The van der Waals surface area contributed by atoms with E-state index in [-0.39, 0.29) is 5.41 Å². The second-order valence-corrected chi connectivity index (χ2v) is 9.68. The first kappa shape index (κ1) is 27.2. The van der Waals surface area contributed by atoms with Crippen LogP contribution in [0, 0.1) is 5.41 Å². The third-order valence-corrected chi connectivity index (χ3v) is 6.31. The fourth-order valence-corrected chi connectivity index (χ4v) is 4.29. The van der Waals surface area contributed by atoms with Crippen LogP contribution in [-0.2, 0) is 9.53 Å². The maximum absolute atomic E-state index is 12.3. The van der Waals surface area contributed by atoms with Crippen LogP contribution in [0.25, 0.3) is 0 Å². The Morgan fingerprint density at radius 2 is 1.82 bits per heavy atom. The van der Waals surface area contributed by atoms with Crippen LogP contribution in [0.4, 0.5) is 0 Å². The predicted molar refractivity (Wildman–Crippen MR) is 128 cm³/mol. The maximum Gasteiger partial charge on any atom is 0.246 e.